The first-order valence-corrected chi connectivity index (χ1v) is 9.38. The van der Waals surface area contributed by atoms with Crippen molar-refractivity contribution in [1.82, 2.24) is 14.9 Å². The van der Waals surface area contributed by atoms with Crippen LogP contribution in [0.15, 0.2) is 66.9 Å². The summed E-state index contributed by atoms with van der Waals surface area (Å²) < 4.78 is 7.73. The standard InChI is InChI=1S/C22H22N4O3/c1-3-15-6-8-16(9-7-15)24-21-25-18-14-17(10-11-19(18)26(21)2)29-22(20(27)28)12-4-5-13-23-22/h4-14,23H,3H2,1-2H3,(H,24,25)(H,27,28). The third-order valence-electron chi connectivity index (χ3n) is 4.90. The number of anilines is 2. The number of rotatable bonds is 6. The summed E-state index contributed by atoms with van der Waals surface area (Å²) in [5.74, 6) is -0.0330. The lowest BCUT2D eigenvalue weighted by Gasteiger charge is -2.28. The molecule has 0 amide bonds. The molecule has 0 saturated heterocycles. The molecule has 1 aliphatic heterocycles. The van der Waals surface area contributed by atoms with E-state index in [0.29, 0.717) is 17.2 Å². The summed E-state index contributed by atoms with van der Waals surface area (Å²) in [6, 6.07) is 13.6. The molecule has 7 nitrogen and oxygen atoms in total. The molecule has 0 saturated carbocycles. The number of hydrogen-bond donors (Lipinski definition) is 3. The molecule has 1 aromatic heterocycles. The summed E-state index contributed by atoms with van der Waals surface area (Å²) in [7, 11) is 1.92. The zero-order valence-corrected chi connectivity index (χ0v) is 16.2. The van der Waals surface area contributed by atoms with Crippen LogP contribution in [-0.4, -0.2) is 26.4 Å². The van der Waals surface area contributed by atoms with Gasteiger partial charge < -0.3 is 25.0 Å². The Hall–Kier alpha value is -3.74. The number of dihydropyridines is 1. The molecule has 1 aliphatic rings. The van der Waals surface area contributed by atoms with Gasteiger partial charge in [0.05, 0.1) is 11.0 Å². The fourth-order valence-electron chi connectivity index (χ4n) is 3.20. The Labute approximate surface area is 168 Å². The number of hydrogen-bond acceptors (Lipinski definition) is 5. The van der Waals surface area contributed by atoms with Crippen molar-refractivity contribution >= 4 is 28.6 Å². The van der Waals surface area contributed by atoms with Crippen LogP contribution < -0.4 is 15.4 Å². The van der Waals surface area contributed by atoms with Crippen LogP contribution in [0.25, 0.3) is 11.0 Å². The Morgan fingerprint density at radius 3 is 2.69 bits per heavy atom. The number of allylic oxidation sites excluding steroid dienone is 2. The summed E-state index contributed by atoms with van der Waals surface area (Å²) in [4.78, 5) is 16.4. The highest BCUT2D eigenvalue weighted by Crippen LogP contribution is 2.28. The fraction of sp³-hybridized carbons (Fsp3) is 0.182. The SMILES string of the molecule is CCc1ccc(Nc2nc3cc(OC4(C(=O)O)C=CC=CN4)ccc3n2C)cc1. The summed E-state index contributed by atoms with van der Waals surface area (Å²) in [5, 5.41) is 15.7. The molecule has 7 heteroatoms. The van der Waals surface area contributed by atoms with E-state index in [1.54, 1.807) is 30.5 Å². The van der Waals surface area contributed by atoms with Crippen LogP contribution in [0.5, 0.6) is 5.75 Å². The number of aliphatic carboxylic acids is 1. The van der Waals surface area contributed by atoms with Crippen LogP contribution in [0.2, 0.25) is 0 Å². The topological polar surface area (TPSA) is 88.4 Å². The number of aromatic nitrogens is 2. The highest BCUT2D eigenvalue weighted by molar-refractivity contribution is 5.83. The van der Waals surface area contributed by atoms with Gasteiger partial charge in [-0.15, -0.1) is 0 Å². The third kappa shape index (κ3) is 3.54. The lowest BCUT2D eigenvalue weighted by atomic mass is 10.1. The Kier molecular flexibility index (Phi) is 4.72. The first-order valence-electron chi connectivity index (χ1n) is 9.38. The number of nitrogens with zero attached hydrogens (tertiary/aromatic N) is 2. The molecule has 148 valence electrons. The molecule has 0 radical (unpaired) electrons. The number of carboxylic acids is 1. The van der Waals surface area contributed by atoms with Crippen molar-refractivity contribution in [2.24, 2.45) is 7.05 Å². The van der Waals surface area contributed by atoms with Crippen molar-refractivity contribution in [2.45, 2.75) is 19.1 Å². The third-order valence-corrected chi connectivity index (χ3v) is 4.90. The molecule has 2 heterocycles. The normalized spacial score (nSPS) is 17.9. The quantitative estimate of drug-likeness (QED) is 0.595. The van der Waals surface area contributed by atoms with Gasteiger partial charge >= 0.3 is 5.97 Å². The average Bonchev–Trinajstić information content (AvgIpc) is 3.04. The second-order valence-electron chi connectivity index (χ2n) is 6.83. The maximum Gasteiger partial charge on any atom is 0.374 e. The number of fused-ring (bicyclic) bond motifs is 1. The maximum atomic E-state index is 11.7. The predicted molar refractivity (Wildman–Crippen MR) is 112 cm³/mol. The van der Waals surface area contributed by atoms with Crippen molar-refractivity contribution in [3.8, 4) is 5.75 Å². The molecule has 0 bridgehead atoms. The molecule has 0 aliphatic carbocycles. The van der Waals surface area contributed by atoms with Crippen molar-refractivity contribution < 1.29 is 14.6 Å². The molecule has 4 rings (SSSR count). The van der Waals surface area contributed by atoms with Crippen molar-refractivity contribution in [3.05, 3.63) is 72.5 Å². The summed E-state index contributed by atoms with van der Waals surface area (Å²) in [6.45, 7) is 2.12. The van der Waals surface area contributed by atoms with Gasteiger partial charge in [-0.2, -0.15) is 0 Å². The Bertz CT molecular complexity index is 1120. The monoisotopic (exact) mass is 390 g/mol. The van der Waals surface area contributed by atoms with Gasteiger partial charge in [-0.05, 0) is 48.4 Å². The molecule has 3 N–H and O–H groups in total. The number of nitrogens with one attached hydrogen (secondary N) is 2. The molecular formula is C22H22N4O3. The Morgan fingerprint density at radius 2 is 2.03 bits per heavy atom. The molecule has 0 spiro atoms. The van der Waals surface area contributed by atoms with Crippen LogP contribution in [0.3, 0.4) is 0 Å². The predicted octanol–water partition coefficient (Wildman–Crippen LogP) is 3.71. The first-order chi connectivity index (χ1) is 14.0. The number of ether oxygens (including phenoxy) is 1. The van der Waals surface area contributed by atoms with E-state index in [4.69, 9.17) is 4.74 Å². The number of benzene rings is 2. The Morgan fingerprint density at radius 1 is 1.24 bits per heavy atom. The number of imidazole rings is 1. The molecule has 3 aromatic rings. The van der Waals surface area contributed by atoms with Gasteiger partial charge in [0, 0.05) is 25.0 Å². The highest BCUT2D eigenvalue weighted by atomic mass is 16.5. The molecule has 29 heavy (non-hydrogen) atoms. The van der Waals surface area contributed by atoms with Crippen LogP contribution in [0.4, 0.5) is 11.6 Å². The number of carbonyl (C=O) groups is 1. The number of carboxylic acid groups (broad SMARTS) is 1. The molecular weight excluding hydrogens is 368 g/mol. The van der Waals surface area contributed by atoms with Crippen molar-refractivity contribution in [2.75, 3.05) is 5.32 Å². The zero-order chi connectivity index (χ0) is 20.4. The van der Waals surface area contributed by atoms with Crippen LogP contribution in [-0.2, 0) is 18.3 Å². The lowest BCUT2D eigenvalue weighted by Crippen LogP contribution is -2.53. The van der Waals surface area contributed by atoms with Crippen LogP contribution in [0, 0.1) is 0 Å². The molecule has 2 aromatic carbocycles. The van der Waals surface area contributed by atoms with E-state index in [2.05, 4.69) is 34.7 Å². The van der Waals surface area contributed by atoms with E-state index in [0.717, 1.165) is 17.6 Å². The first kappa shape index (κ1) is 18.6. The minimum atomic E-state index is -1.64. The second-order valence-corrected chi connectivity index (χ2v) is 6.83. The molecule has 1 atom stereocenters. The van der Waals surface area contributed by atoms with E-state index >= 15 is 0 Å². The minimum Gasteiger partial charge on any atom is -0.477 e. The fourth-order valence-corrected chi connectivity index (χ4v) is 3.20. The lowest BCUT2D eigenvalue weighted by molar-refractivity contribution is -0.152. The highest BCUT2D eigenvalue weighted by Gasteiger charge is 2.38. The van der Waals surface area contributed by atoms with Crippen molar-refractivity contribution in [3.63, 3.8) is 0 Å². The largest absolute Gasteiger partial charge is 0.477 e. The average molecular weight is 390 g/mol. The maximum absolute atomic E-state index is 11.7. The zero-order valence-electron chi connectivity index (χ0n) is 16.2. The van der Waals surface area contributed by atoms with Gasteiger partial charge in [-0.25, -0.2) is 9.78 Å². The van der Waals surface area contributed by atoms with E-state index in [1.165, 1.54) is 11.6 Å². The summed E-state index contributed by atoms with van der Waals surface area (Å²) in [5.41, 5.74) is 2.19. The van der Waals surface area contributed by atoms with Gasteiger partial charge in [-0.1, -0.05) is 25.1 Å². The van der Waals surface area contributed by atoms with E-state index < -0.39 is 11.7 Å². The van der Waals surface area contributed by atoms with Crippen molar-refractivity contribution in [1.29, 1.82) is 0 Å². The number of aryl methyl sites for hydroxylation is 2. The van der Waals surface area contributed by atoms with Gasteiger partial charge in [0.1, 0.15) is 5.75 Å². The smallest absolute Gasteiger partial charge is 0.374 e. The van der Waals surface area contributed by atoms with Crippen LogP contribution >= 0.6 is 0 Å². The van der Waals surface area contributed by atoms with Crippen LogP contribution in [0.1, 0.15) is 12.5 Å². The minimum absolute atomic E-state index is 0.407. The second kappa shape index (κ2) is 7.35. The molecule has 1 unspecified atom stereocenters. The van der Waals surface area contributed by atoms with E-state index in [1.807, 2.05) is 29.8 Å². The van der Waals surface area contributed by atoms with Gasteiger partial charge in [0.2, 0.25) is 5.95 Å². The Balaban J connectivity index is 1.62. The van der Waals surface area contributed by atoms with Gasteiger partial charge in [-0.3, -0.25) is 0 Å². The summed E-state index contributed by atoms with van der Waals surface area (Å²) >= 11 is 0. The van der Waals surface area contributed by atoms with E-state index in [9.17, 15) is 9.90 Å². The van der Waals surface area contributed by atoms with Gasteiger partial charge in [0.25, 0.3) is 5.72 Å². The van der Waals surface area contributed by atoms with E-state index in [-0.39, 0.29) is 0 Å². The molecule has 0 fully saturated rings. The summed E-state index contributed by atoms with van der Waals surface area (Å²) in [6.07, 6.45) is 7.34. The van der Waals surface area contributed by atoms with Gasteiger partial charge in [0.15, 0.2) is 0 Å².